The Bertz CT molecular complexity index is 1640. The standard InChI is InChI=1S/C32H31Cl2N7O/c1-21(33)19-37-30-22(2)26(20-41-11-10-36-23(41)3)16-25-17-27(34)6-9-29(25)31(30)39-12-14-40(15-13-39)32(42)38-28-7-4-24(18-35)5-8-28/h4-11,16-17,19,31H,1,12-15,20H2,2-3H3,(H,38,42). The molecule has 0 bridgehead atoms. The molecule has 1 aliphatic carbocycles. The van der Waals surface area contributed by atoms with Crippen LogP contribution >= 0.6 is 23.2 Å². The van der Waals surface area contributed by atoms with Crippen LogP contribution in [-0.4, -0.2) is 57.8 Å². The second-order valence-corrected chi connectivity index (χ2v) is 11.2. The number of hydrogen-bond acceptors (Lipinski definition) is 5. The van der Waals surface area contributed by atoms with Crippen molar-refractivity contribution in [3.63, 3.8) is 0 Å². The predicted molar refractivity (Wildman–Crippen MR) is 169 cm³/mol. The zero-order valence-corrected chi connectivity index (χ0v) is 25.0. The lowest BCUT2D eigenvalue weighted by molar-refractivity contribution is 0.124. The Morgan fingerprint density at radius 1 is 1.19 bits per heavy atom. The number of nitrogens with one attached hydrogen (secondary N) is 1. The first-order valence-corrected chi connectivity index (χ1v) is 14.4. The first-order chi connectivity index (χ1) is 20.2. The number of aryl methyl sites for hydroxylation is 1. The van der Waals surface area contributed by atoms with Gasteiger partial charge in [0.05, 0.1) is 28.4 Å². The molecule has 1 aliphatic heterocycles. The maximum absolute atomic E-state index is 13.1. The van der Waals surface area contributed by atoms with Gasteiger partial charge in [-0.2, -0.15) is 5.26 Å². The van der Waals surface area contributed by atoms with Gasteiger partial charge in [-0.1, -0.05) is 35.8 Å². The number of rotatable bonds is 6. The van der Waals surface area contributed by atoms with Crippen molar-refractivity contribution in [3.05, 3.63) is 111 Å². The van der Waals surface area contributed by atoms with E-state index in [1.54, 1.807) is 41.6 Å². The number of nitriles is 1. The average molecular weight is 601 g/mol. The number of nitrogens with zero attached hydrogens (tertiary/aromatic N) is 6. The number of urea groups is 1. The van der Waals surface area contributed by atoms with E-state index in [4.69, 9.17) is 33.5 Å². The minimum atomic E-state index is -0.189. The molecule has 1 unspecified atom stereocenters. The van der Waals surface area contributed by atoms with Gasteiger partial charge in [-0.05, 0) is 78.6 Å². The Kier molecular flexibility index (Phi) is 8.93. The monoisotopic (exact) mass is 599 g/mol. The van der Waals surface area contributed by atoms with Gasteiger partial charge in [-0.25, -0.2) is 9.78 Å². The van der Waals surface area contributed by atoms with Gasteiger partial charge in [0.2, 0.25) is 0 Å². The molecule has 2 amide bonds. The van der Waals surface area contributed by atoms with E-state index in [9.17, 15) is 4.79 Å². The van der Waals surface area contributed by atoms with Gasteiger partial charge in [0.1, 0.15) is 5.82 Å². The second kappa shape index (κ2) is 12.8. The van der Waals surface area contributed by atoms with Crippen LogP contribution in [0.4, 0.5) is 10.5 Å². The Hall–Kier alpha value is -4.16. The molecule has 42 heavy (non-hydrogen) atoms. The molecule has 0 saturated carbocycles. The van der Waals surface area contributed by atoms with E-state index in [0.29, 0.717) is 54.0 Å². The molecule has 0 spiro atoms. The molecule has 5 rings (SSSR count). The molecular weight excluding hydrogens is 569 g/mol. The fourth-order valence-corrected chi connectivity index (χ4v) is 5.57. The molecule has 2 aliphatic rings. The van der Waals surface area contributed by atoms with Crippen LogP contribution in [0.15, 0.2) is 88.3 Å². The van der Waals surface area contributed by atoms with E-state index in [1.165, 1.54) is 0 Å². The topological polar surface area (TPSA) is 89.6 Å². The summed E-state index contributed by atoms with van der Waals surface area (Å²) in [5, 5.41) is 13.0. The highest BCUT2D eigenvalue weighted by Crippen LogP contribution is 2.41. The second-order valence-electron chi connectivity index (χ2n) is 10.3. The van der Waals surface area contributed by atoms with Gasteiger partial charge in [0.25, 0.3) is 0 Å². The third-order valence-electron chi connectivity index (χ3n) is 7.64. The maximum Gasteiger partial charge on any atom is 0.321 e. The van der Waals surface area contributed by atoms with E-state index in [2.05, 4.69) is 51.5 Å². The third-order valence-corrected chi connectivity index (χ3v) is 7.97. The fourth-order valence-electron chi connectivity index (χ4n) is 5.34. The SMILES string of the molecule is C=C(Cl)C=NC1=C(C)C(Cn2ccnc2C)=Cc2cc(Cl)ccc2C1N1CCN(C(=O)Nc2ccc(C#N)cc2)CC1. The van der Waals surface area contributed by atoms with Crippen LogP contribution in [0.2, 0.25) is 5.02 Å². The number of carbonyl (C=O) groups is 1. The van der Waals surface area contributed by atoms with Crippen LogP contribution in [0.5, 0.6) is 0 Å². The van der Waals surface area contributed by atoms with Gasteiger partial charge in [-0.15, -0.1) is 0 Å². The first kappa shape index (κ1) is 29.3. The van der Waals surface area contributed by atoms with E-state index in [0.717, 1.165) is 33.8 Å². The molecule has 1 saturated heterocycles. The van der Waals surface area contributed by atoms with E-state index < -0.39 is 0 Å². The zero-order chi connectivity index (χ0) is 29.8. The largest absolute Gasteiger partial charge is 0.331 e. The molecule has 0 radical (unpaired) electrons. The van der Waals surface area contributed by atoms with Crippen LogP contribution in [0.1, 0.15) is 35.5 Å². The summed E-state index contributed by atoms with van der Waals surface area (Å²) in [6.07, 6.45) is 7.54. The summed E-state index contributed by atoms with van der Waals surface area (Å²) in [7, 11) is 0. The number of carbonyl (C=O) groups excluding carboxylic acids is 1. The van der Waals surface area contributed by atoms with Crippen molar-refractivity contribution in [1.82, 2.24) is 19.4 Å². The number of aliphatic imine (C=N–C) groups is 1. The van der Waals surface area contributed by atoms with E-state index in [1.807, 2.05) is 25.3 Å². The molecule has 2 aromatic carbocycles. The summed E-state index contributed by atoms with van der Waals surface area (Å²) < 4.78 is 2.10. The summed E-state index contributed by atoms with van der Waals surface area (Å²) >= 11 is 12.7. The summed E-state index contributed by atoms with van der Waals surface area (Å²) in [5.41, 5.74) is 6.31. The third kappa shape index (κ3) is 6.50. The van der Waals surface area contributed by atoms with Crippen molar-refractivity contribution in [2.24, 2.45) is 4.99 Å². The highest BCUT2D eigenvalue weighted by atomic mass is 35.5. The number of halogens is 2. The summed E-state index contributed by atoms with van der Waals surface area (Å²) in [4.78, 5) is 26.5. The summed E-state index contributed by atoms with van der Waals surface area (Å²) in [5.74, 6) is 0.922. The van der Waals surface area contributed by atoms with Gasteiger partial charge in [0, 0.05) is 62.0 Å². The first-order valence-electron chi connectivity index (χ1n) is 13.6. The normalized spacial score (nSPS) is 17.5. The number of hydrogen-bond donors (Lipinski definition) is 1. The van der Waals surface area contributed by atoms with Crippen LogP contribution in [0.25, 0.3) is 6.08 Å². The fraction of sp³-hybridized carbons (Fsp3) is 0.250. The molecule has 214 valence electrons. The molecular formula is C32H31Cl2N7O. The van der Waals surface area contributed by atoms with E-state index in [-0.39, 0.29) is 12.1 Å². The Morgan fingerprint density at radius 3 is 2.57 bits per heavy atom. The Balaban J connectivity index is 1.45. The molecule has 10 heteroatoms. The molecule has 1 atom stereocenters. The lowest BCUT2D eigenvalue weighted by atomic mass is 9.96. The van der Waals surface area contributed by atoms with Gasteiger partial charge in [0.15, 0.2) is 0 Å². The number of imidazole rings is 1. The van der Waals surface area contributed by atoms with E-state index >= 15 is 0 Å². The van der Waals surface area contributed by atoms with Crippen molar-refractivity contribution in [3.8, 4) is 6.07 Å². The van der Waals surface area contributed by atoms with Crippen LogP contribution in [0, 0.1) is 18.3 Å². The Labute approximate surface area is 255 Å². The number of allylic oxidation sites excluding steroid dienone is 3. The number of benzene rings is 2. The van der Waals surface area contributed by atoms with Crippen LogP contribution < -0.4 is 5.32 Å². The maximum atomic E-state index is 13.1. The van der Waals surface area contributed by atoms with Crippen molar-refractivity contribution >= 4 is 47.2 Å². The molecule has 1 N–H and O–H groups in total. The quantitative estimate of drug-likeness (QED) is 0.315. The lowest BCUT2D eigenvalue weighted by Gasteiger charge is -2.40. The number of piperazine rings is 1. The van der Waals surface area contributed by atoms with Crippen LogP contribution in [-0.2, 0) is 6.54 Å². The van der Waals surface area contributed by atoms with Crippen molar-refractivity contribution in [1.29, 1.82) is 5.26 Å². The van der Waals surface area contributed by atoms with Gasteiger partial charge in [-0.3, -0.25) is 9.89 Å². The highest BCUT2D eigenvalue weighted by Gasteiger charge is 2.33. The Morgan fingerprint density at radius 2 is 1.93 bits per heavy atom. The minimum Gasteiger partial charge on any atom is -0.331 e. The average Bonchev–Trinajstić information content (AvgIpc) is 3.34. The van der Waals surface area contributed by atoms with Crippen molar-refractivity contribution < 1.29 is 4.79 Å². The summed E-state index contributed by atoms with van der Waals surface area (Å²) in [6.45, 7) is 10.9. The molecule has 2 heterocycles. The lowest BCUT2D eigenvalue weighted by Crippen LogP contribution is -2.51. The van der Waals surface area contributed by atoms with Crippen molar-refractivity contribution in [2.75, 3.05) is 31.5 Å². The molecule has 1 aromatic heterocycles. The number of aromatic nitrogens is 2. The smallest absolute Gasteiger partial charge is 0.321 e. The number of anilines is 1. The highest BCUT2D eigenvalue weighted by molar-refractivity contribution is 6.38. The van der Waals surface area contributed by atoms with Gasteiger partial charge >= 0.3 is 6.03 Å². The number of amides is 2. The van der Waals surface area contributed by atoms with Gasteiger partial charge < -0.3 is 14.8 Å². The summed E-state index contributed by atoms with van der Waals surface area (Å²) in [6, 6.07) is 14.5. The van der Waals surface area contributed by atoms with Crippen molar-refractivity contribution in [2.45, 2.75) is 26.4 Å². The molecule has 1 fully saturated rings. The molecule has 3 aromatic rings. The minimum absolute atomic E-state index is 0.171. The molecule has 8 nitrogen and oxygen atoms in total. The van der Waals surface area contributed by atoms with Crippen LogP contribution in [0.3, 0.4) is 0 Å². The zero-order valence-electron chi connectivity index (χ0n) is 23.5. The predicted octanol–water partition coefficient (Wildman–Crippen LogP) is 6.80. The number of fused-ring (bicyclic) bond motifs is 1.